The molecule has 0 radical (unpaired) electrons. The summed E-state index contributed by atoms with van der Waals surface area (Å²) in [6, 6.07) is 16.3. The van der Waals surface area contributed by atoms with Crippen molar-refractivity contribution in [3.63, 3.8) is 0 Å². The quantitative estimate of drug-likeness (QED) is 0.516. The van der Waals surface area contributed by atoms with Crippen molar-refractivity contribution in [3.8, 4) is 11.1 Å². The van der Waals surface area contributed by atoms with Crippen LogP contribution in [0, 0.1) is 0 Å². The summed E-state index contributed by atoms with van der Waals surface area (Å²) in [5.74, 6) is -1.27. The van der Waals surface area contributed by atoms with Gasteiger partial charge in [0.25, 0.3) is 0 Å². The number of carbonyl (C=O) groups excluding carboxylic acids is 2. The molecular weight excluding hydrogens is 436 g/mol. The van der Waals surface area contributed by atoms with E-state index < -0.39 is 17.6 Å². The second-order valence-electron chi connectivity index (χ2n) is 9.16. The van der Waals surface area contributed by atoms with Crippen LogP contribution in [0.25, 0.3) is 11.1 Å². The molecule has 182 valence electrons. The fraction of sp³-hybridized carbons (Fsp3) is 0.423. The molecule has 1 aliphatic rings. The van der Waals surface area contributed by atoms with Gasteiger partial charge in [-0.05, 0) is 43.0 Å². The van der Waals surface area contributed by atoms with E-state index in [0.717, 1.165) is 22.3 Å². The molecular formula is C26H32N2O6. The Bertz CT molecular complexity index is 984. The monoisotopic (exact) mass is 468 g/mol. The number of carboxylic acid groups (broad SMARTS) is 1. The van der Waals surface area contributed by atoms with Crippen LogP contribution in [0.4, 0.5) is 4.79 Å². The van der Waals surface area contributed by atoms with Crippen molar-refractivity contribution in [1.29, 1.82) is 0 Å². The molecule has 1 aliphatic carbocycles. The van der Waals surface area contributed by atoms with Crippen LogP contribution in [0.5, 0.6) is 0 Å². The number of aliphatic carboxylic acids is 1. The van der Waals surface area contributed by atoms with Crippen molar-refractivity contribution in [2.45, 2.75) is 38.6 Å². The summed E-state index contributed by atoms with van der Waals surface area (Å²) in [6.45, 7) is 5.98. The molecule has 0 saturated heterocycles. The normalized spacial score (nSPS) is 12.6. The summed E-state index contributed by atoms with van der Waals surface area (Å²) in [7, 11) is 0. The number of fused-ring (bicyclic) bond motifs is 3. The lowest BCUT2D eigenvalue weighted by Crippen LogP contribution is -2.48. The van der Waals surface area contributed by atoms with E-state index >= 15 is 0 Å². The Kier molecular flexibility index (Phi) is 8.28. The number of benzene rings is 2. The van der Waals surface area contributed by atoms with Gasteiger partial charge in [0.1, 0.15) is 13.2 Å². The molecule has 8 nitrogen and oxygen atoms in total. The number of alkyl carbamates (subject to hydrolysis) is 1. The Morgan fingerprint density at radius 2 is 1.59 bits per heavy atom. The molecule has 34 heavy (non-hydrogen) atoms. The topological polar surface area (TPSA) is 105 Å². The molecule has 0 aromatic heterocycles. The SMILES string of the molecule is CC(C)(C)N(CCC(=O)O)C(=O)COCCNC(=O)OCC1c2ccccc2-c2ccccc21. The first-order chi connectivity index (χ1) is 16.2. The number of ether oxygens (including phenoxy) is 2. The Hall–Kier alpha value is -3.39. The zero-order valence-electron chi connectivity index (χ0n) is 19.9. The van der Waals surface area contributed by atoms with Gasteiger partial charge < -0.3 is 24.8 Å². The van der Waals surface area contributed by atoms with E-state index in [1.807, 2.05) is 45.0 Å². The van der Waals surface area contributed by atoms with Crippen LogP contribution in [0.1, 0.15) is 44.2 Å². The third-order valence-corrected chi connectivity index (χ3v) is 5.75. The highest BCUT2D eigenvalue weighted by molar-refractivity contribution is 5.79. The fourth-order valence-corrected chi connectivity index (χ4v) is 4.15. The van der Waals surface area contributed by atoms with E-state index in [1.54, 1.807) is 0 Å². The molecule has 0 spiro atoms. The van der Waals surface area contributed by atoms with Gasteiger partial charge in [-0.25, -0.2) is 4.79 Å². The Morgan fingerprint density at radius 3 is 2.15 bits per heavy atom. The van der Waals surface area contributed by atoms with Gasteiger partial charge in [-0.1, -0.05) is 48.5 Å². The molecule has 0 fully saturated rings. The molecule has 8 heteroatoms. The lowest BCUT2D eigenvalue weighted by molar-refractivity contribution is -0.143. The molecule has 0 aliphatic heterocycles. The van der Waals surface area contributed by atoms with Gasteiger partial charge in [0, 0.05) is 24.5 Å². The van der Waals surface area contributed by atoms with Crippen molar-refractivity contribution in [2.24, 2.45) is 0 Å². The molecule has 0 heterocycles. The average Bonchev–Trinajstić information content (AvgIpc) is 3.10. The van der Waals surface area contributed by atoms with Crippen LogP contribution >= 0.6 is 0 Å². The summed E-state index contributed by atoms with van der Waals surface area (Å²) < 4.78 is 10.9. The number of hydrogen-bond acceptors (Lipinski definition) is 5. The molecule has 0 bridgehead atoms. The standard InChI is InChI=1S/C26H32N2O6/c1-26(2,3)28(14-12-24(30)31)23(29)17-33-15-13-27-25(32)34-16-22-20-10-6-4-8-18(20)19-9-5-7-11-21(19)22/h4-11,22H,12-17H2,1-3H3,(H,27,32)(H,30,31). The van der Waals surface area contributed by atoms with E-state index in [9.17, 15) is 14.4 Å². The van der Waals surface area contributed by atoms with Crippen LogP contribution in [-0.2, 0) is 19.1 Å². The van der Waals surface area contributed by atoms with E-state index in [2.05, 4.69) is 29.6 Å². The lowest BCUT2D eigenvalue weighted by atomic mass is 9.98. The highest BCUT2D eigenvalue weighted by Crippen LogP contribution is 2.44. The van der Waals surface area contributed by atoms with E-state index in [0.29, 0.717) is 0 Å². The lowest BCUT2D eigenvalue weighted by Gasteiger charge is -2.35. The van der Waals surface area contributed by atoms with Gasteiger partial charge in [-0.15, -0.1) is 0 Å². The summed E-state index contributed by atoms with van der Waals surface area (Å²) in [5, 5.41) is 11.5. The maximum Gasteiger partial charge on any atom is 0.407 e. The minimum Gasteiger partial charge on any atom is -0.481 e. The molecule has 0 saturated carbocycles. The number of amides is 2. The molecule has 0 atom stereocenters. The molecule has 2 aromatic carbocycles. The summed E-state index contributed by atoms with van der Waals surface area (Å²) in [6.07, 6.45) is -0.679. The first-order valence-corrected chi connectivity index (χ1v) is 11.4. The van der Waals surface area contributed by atoms with Crippen molar-refractivity contribution in [3.05, 3.63) is 59.7 Å². The second kappa shape index (κ2) is 11.2. The van der Waals surface area contributed by atoms with Crippen LogP contribution in [0.2, 0.25) is 0 Å². The van der Waals surface area contributed by atoms with Gasteiger partial charge >= 0.3 is 12.1 Å². The highest BCUT2D eigenvalue weighted by Gasteiger charge is 2.29. The number of carbonyl (C=O) groups is 3. The Labute approximate surface area is 199 Å². The van der Waals surface area contributed by atoms with Gasteiger partial charge in [-0.2, -0.15) is 0 Å². The van der Waals surface area contributed by atoms with E-state index in [-0.39, 0.29) is 51.2 Å². The minimum absolute atomic E-state index is 0.0128. The Morgan fingerprint density at radius 1 is 1.00 bits per heavy atom. The number of hydrogen-bond donors (Lipinski definition) is 2. The zero-order valence-corrected chi connectivity index (χ0v) is 19.9. The second-order valence-corrected chi connectivity index (χ2v) is 9.16. The maximum atomic E-state index is 12.4. The molecule has 2 aromatic rings. The minimum atomic E-state index is -0.963. The van der Waals surface area contributed by atoms with Gasteiger partial charge in [-0.3, -0.25) is 9.59 Å². The predicted molar refractivity (Wildman–Crippen MR) is 128 cm³/mol. The Balaban J connectivity index is 1.41. The van der Waals surface area contributed by atoms with Gasteiger partial charge in [0.15, 0.2) is 0 Å². The average molecular weight is 469 g/mol. The molecule has 0 unspecified atom stereocenters. The number of carboxylic acids is 1. The summed E-state index contributed by atoms with van der Waals surface area (Å²) >= 11 is 0. The van der Waals surface area contributed by atoms with Crippen molar-refractivity contribution in [1.82, 2.24) is 10.2 Å². The van der Waals surface area contributed by atoms with Crippen molar-refractivity contribution >= 4 is 18.0 Å². The largest absolute Gasteiger partial charge is 0.481 e. The van der Waals surface area contributed by atoms with Crippen LogP contribution in [0.15, 0.2) is 48.5 Å². The fourth-order valence-electron chi connectivity index (χ4n) is 4.15. The molecule has 3 rings (SSSR count). The number of rotatable bonds is 10. The summed E-state index contributed by atoms with van der Waals surface area (Å²) in [5.41, 5.74) is 4.10. The first-order valence-electron chi connectivity index (χ1n) is 11.4. The third-order valence-electron chi connectivity index (χ3n) is 5.75. The van der Waals surface area contributed by atoms with E-state index in [4.69, 9.17) is 14.6 Å². The van der Waals surface area contributed by atoms with Crippen molar-refractivity contribution in [2.75, 3.05) is 32.9 Å². The zero-order chi connectivity index (χ0) is 24.7. The first kappa shape index (κ1) is 25.2. The molecule has 2 N–H and O–H groups in total. The predicted octanol–water partition coefficient (Wildman–Crippen LogP) is 3.64. The number of nitrogens with zero attached hydrogens (tertiary/aromatic N) is 1. The number of nitrogens with one attached hydrogen (secondary N) is 1. The van der Waals surface area contributed by atoms with E-state index in [1.165, 1.54) is 4.90 Å². The smallest absolute Gasteiger partial charge is 0.407 e. The third kappa shape index (κ3) is 6.35. The summed E-state index contributed by atoms with van der Waals surface area (Å²) in [4.78, 5) is 37.0. The van der Waals surface area contributed by atoms with Crippen LogP contribution in [-0.4, -0.2) is 66.4 Å². The highest BCUT2D eigenvalue weighted by atomic mass is 16.5. The van der Waals surface area contributed by atoms with Gasteiger partial charge in [0.2, 0.25) is 5.91 Å². The van der Waals surface area contributed by atoms with Crippen LogP contribution in [0.3, 0.4) is 0 Å². The van der Waals surface area contributed by atoms with Crippen LogP contribution < -0.4 is 5.32 Å². The maximum absolute atomic E-state index is 12.4. The van der Waals surface area contributed by atoms with Crippen molar-refractivity contribution < 1.29 is 29.0 Å². The van der Waals surface area contributed by atoms with Gasteiger partial charge in [0.05, 0.1) is 13.0 Å². The molecule has 2 amide bonds.